The highest BCUT2D eigenvalue weighted by molar-refractivity contribution is 6.33. The Labute approximate surface area is 157 Å². The number of anilines is 1. The molecule has 26 heavy (non-hydrogen) atoms. The van der Waals surface area contributed by atoms with Crippen LogP contribution in [0.25, 0.3) is 11.0 Å². The van der Waals surface area contributed by atoms with Crippen molar-refractivity contribution >= 4 is 45.8 Å². The average molecular weight is 396 g/mol. The molecular formula is C18H12Cl2FNO4. The SMILES string of the molecule is Cc1cc(=O)oc2cc(OCC(=O)Nc3cc(Cl)ccc3F)c(Cl)cc12. The van der Waals surface area contributed by atoms with Crippen LogP contribution in [-0.2, 0) is 4.79 Å². The summed E-state index contributed by atoms with van der Waals surface area (Å²) in [6, 6.07) is 8.16. The number of carbonyl (C=O) groups is 1. The molecule has 3 aromatic rings. The summed E-state index contributed by atoms with van der Waals surface area (Å²) in [5, 5.41) is 3.55. The molecule has 1 amide bonds. The van der Waals surface area contributed by atoms with Crippen molar-refractivity contribution in [1.82, 2.24) is 0 Å². The molecule has 0 saturated carbocycles. The maximum atomic E-state index is 13.6. The Morgan fingerprint density at radius 3 is 2.77 bits per heavy atom. The van der Waals surface area contributed by atoms with Gasteiger partial charge in [0.15, 0.2) is 6.61 Å². The first kappa shape index (κ1) is 18.2. The van der Waals surface area contributed by atoms with E-state index < -0.39 is 24.0 Å². The standard InChI is InChI=1S/C18H12Cl2FNO4/c1-9-4-18(24)26-15-7-16(12(20)6-11(9)15)25-8-17(23)22-14-5-10(19)2-3-13(14)21/h2-7H,8H2,1H3,(H,22,23). The molecule has 0 saturated heterocycles. The number of hydrogen-bond donors (Lipinski definition) is 1. The molecule has 0 aliphatic heterocycles. The van der Waals surface area contributed by atoms with Crippen LogP contribution in [0.15, 0.2) is 45.6 Å². The molecular weight excluding hydrogens is 384 g/mol. The lowest BCUT2D eigenvalue weighted by Crippen LogP contribution is -2.21. The molecule has 8 heteroatoms. The third-order valence-electron chi connectivity index (χ3n) is 3.57. The zero-order valence-electron chi connectivity index (χ0n) is 13.4. The highest BCUT2D eigenvalue weighted by Crippen LogP contribution is 2.31. The molecule has 134 valence electrons. The van der Waals surface area contributed by atoms with E-state index in [1.165, 1.54) is 24.3 Å². The molecule has 1 N–H and O–H groups in total. The number of amides is 1. The third-order valence-corrected chi connectivity index (χ3v) is 4.10. The smallest absolute Gasteiger partial charge is 0.336 e. The molecule has 0 aliphatic rings. The normalized spacial score (nSPS) is 10.8. The Hall–Kier alpha value is -2.57. The molecule has 0 radical (unpaired) electrons. The van der Waals surface area contributed by atoms with Crippen molar-refractivity contribution in [2.75, 3.05) is 11.9 Å². The summed E-state index contributed by atoms with van der Waals surface area (Å²) in [5.41, 5.74) is 0.435. The molecule has 0 spiro atoms. The highest BCUT2D eigenvalue weighted by atomic mass is 35.5. The number of ether oxygens (including phenoxy) is 1. The van der Waals surface area contributed by atoms with Gasteiger partial charge in [0.05, 0.1) is 10.7 Å². The summed E-state index contributed by atoms with van der Waals surface area (Å²) in [6.07, 6.45) is 0. The van der Waals surface area contributed by atoms with Crippen molar-refractivity contribution in [3.05, 3.63) is 68.2 Å². The number of rotatable bonds is 4. The topological polar surface area (TPSA) is 68.5 Å². The fraction of sp³-hybridized carbons (Fsp3) is 0.111. The van der Waals surface area contributed by atoms with Gasteiger partial charge >= 0.3 is 5.63 Å². The van der Waals surface area contributed by atoms with E-state index >= 15 is 0 Å². The van der Waals surface area contributed by atoms with Crippen LogP contribution in [-0.4, -0.2) is 12.5 Å². The van der Waals surface area contributed by atoms with E-state index in [4.69, 9.17) is 32.4 Å². The van der Waals surface area contributed by atoms with E-state index in [1.54, 1.807) is 13.0 Å². The molecule has 2 aromatic carbocycles. The van der Waals surface area contributed by atoms with Crippen molar-refractivity contribution in [2.45, 2.75) is 6.92 Å². The maximum Gasteiger partial charge on any atom is 0.336 e. The van der Waals surface area contributed by atoms with Gasteiger partial charge < -0.3 is 14.5 Å². The second-order valence-corrected chi connectivity index (χ2v) is 6.33. The first-order valence-corrected chi connectivity index (χ1v) is 8.21. The number of aryl methyl sites for hydroxylation is 1. The number of carbonyl (C=O) groups excluding carboxylic acids is 1. The predicted octanol–water partition coefficient (Wildman–Crippen LogP) is 4.56. The first-order valence-electron chi connectivity index (χ1n) is 7.45. The molecule has 1 aromatic heterocycles. The molecule has 3 rings (SSSR count). The van der Waals surface area contributed by atoms with Crippen LogP contribution in [0.4, 0.5) is 10.1 Å². The van der Waals surface area contributed by atoms with Gasteiger partial charge in [0.25, 0.3) is 5.91 Å². The van der Waals surface area contributed by atoms with Crippen LogP contribution in [0.2, 0.25) is 10.0 Å². The van der Waals surface area contributed by atoms with E-state index in [2.05, 4.69) is 5.32 Å². The summed E-state index contributed by atoms with van der Waals surface area (Å²) in [6.45, 7) is 1.33. The predicted molar refractivity (Wildman–Crippen MR) is 97.8 cm³/mol. The Balaban J connectivity index is 1.77. The minimum absolute atomic E-state index is 0.0580. The zero-order valence-corrected chi connectivity index (χ0v) is 14.9. The molecule has 0 aliphatic carbocycles. The van der Waals surface area contributed by atoms with Crippen molar-refractivity contribution in [3.63, 3.8) is 0 Å². The number of halogens is 3. The van der Waals surface area contributed by atoms with Crippen LogP contribution in [0, 0.1) is 12.7 Å². The second-order valence-electron chi connectivity index (χ2n) is 5.49. The van der Waals surface area contributed by atoms with E-state index in [1.807, 2.05) is 0 Å². The number of nitrogens with one attached hydrogen (secondary N) is 1. The van der Waals surface area contributed by atoms with Gasteiger partial charge in [-0.15, -0.1) is 0 Å². The van der Waals surface area contributed by atoms with E-state index in [0.717, 1.165) is 6.07 Å². The molecule has 0 unspecified atom stereocenters. The van der Waals surface area contributed by atoms with E-state index in [9.17, 15) is 14.0 Å². The van der Waals surface area contributed by atoms with Crippen LogP contribution in [0.5, 0.6) is 5.75 Å². The van der Waals surface area contributed by atoms with E-state index in [-0.39, 0.29) is 27.1 Å². The van der Waals surface area contributed by atoms with Gasteiger partial charge in [-0.1, -0.05) is 23.2 Å². The average Bonchev–Trinajstić information content (AvgIpc) is 2.57. The number of benzene rings is 2. The molecule has 0 atom stereocenters. The lowest BCUT2D eigenvalue weighted by atomic mass is 10.1. The van der Waals surface area contributed by atoms with Crippen molar-refractivity contribution in [1.29, 1.82) is 0 Å². The van der Waals surface area contributed by atoms with Crippen LogP contribution in [0.3, 0.4) is 0 Å². The quantitative estimate of drug-likeness (QED) is 0.657. The van der Waals surface area contributed by atoms with Crippen molar-refractivity contribution < 1.29 is 18.3 Å². The zero-order chi connectivity index (χ0) is 18.8. The summed E-state index contributed by atoms with van der Waals surface area (Å²) in [4.78, 5) is 23.4. The van der Waals surface area contributed by atoms with Gasteiger partial charge in [0.2, 0.25) is 0 Å². The second kappa shape index (κ2) is 7.35. The van der Waals surface area contributed by atoms with Gasteiger partial charge in [-0.05, 0) is 36.8 Å². The van der Waals surface area contributed by atoms with Gasteiger partial charge in [0, 0.05) is 22.5 Å². The largest absolute Gasteiger partial charge is 0.482 e. The molecule has 0 bridgehead atoms. The van der Waals surface area contributed by atoms with Crippen molar-refractivity contribution in [3.8, 4) is 5.75 Å². The van der Waals surface area contributed by atoms with Gasteiger partial charge in [-0.2, -0.15) is 0 Å². The molecule has 0 fully saturated rings. The van der Waals surface area contributed by atoms with Gasteiger partial charge in [-0.3, -0.25) is 4.79 Å². The summed E-state index contributed by atoms with van der Waals surface area (Å²) >= 11 is 11.9. The minimum Gasteiger partial charge on any atom is -0.482 e. The number of fused-ring (bicyclic) bond motifs is 1. The molecule has 5 nitrogen and oxygen atoms in total. The summed E-state index contributed by atoms with van der Waals surface area (Å²) in [7, 11) is 0. The summed E-state index contributed by atoms with van der Waals surface area (Å²) < 4.78 is 24.1. The van der Waals surface area contributed by atoms with Gasteiger partial charge in [0.1, 0.15) is 17.1 Å². The fourth-order valence-corrected chi connectivity index (χ4v) is 2.74. The Morgan fingerprint density at radius 1 is 1.23 bits per heavy atom. The molecule has 1 heterocycles. The summed E-state index contributed by atoms with van der Waals surface area (Å²) in [5.74, 6) is -1.06. The minimum atomic E-state index is -0.622. The van der Waals surface area contributed by atoms with Crippen LogP contribution in [0.1, 0.15) is 5.56 Å². The lowest BCUT2D eigenvalue weighted by Gasteiger charge is -2.11. The van der Waals surface area contributed by atoms with Crippen LogP contribution >= 0.6 is 23.2 Å². The highest BCUT2D eigenvalue weighted by Gasteiger charge is 2.12. The first-order chi connectivity index (χ1) is 12.3. The van der Waals surface area contributed by atoms with Crippen molar-refractivity contribution in [2.24, 2.45) is 0 Å². The van der Waals surface area contributed by atoms with Crippen LogP contribution < -0.4 is 15.7 Å². The Morgan fingerprint density at radius 2 is 2.00 bits per heavy atom. The fourth-order valence-electron chi connectivity index (χ4n) is 2.35. The third kappa shape index (κ3) is 3.98. The van der Waals surface area contributed by atoms with Gasteiger partial charge in [-0.25, -0.2) is 9.18 Å². The Kier molecular flexibility index (Phi) is 5.15. The lowest BCUT2D eigenvalue weighted by molar-refractivity contribution is -0.118. The monoisotopic (exact) mass is 395 g/mol. The Bertz CT molecular complexity index is 1060. The maximum absolute atomic E-state index is 13.6. The van der Waals surface area contributed by atoms with E-state index in [0.29, 0.717) is 10.9 Å². The number of hydrogen-bond acceptors (Lipinski definition) is 4.